The lowest BCUT2D eigenvalue weighted by Gasteiger charge is -2.18. The maximum absolute atomic E-state index is 13.4. The van der Waals surface area contributed by atoms with Gasteiger partial charge in [0, 0.05) is 24.3 Å². The summed E-state index contributed by atoms with van der Waals surface area (Å²) in [5.74, 6) is 0.826. The topological polar surface area (TPSA) is 30.5 Å². The third-order valence-electron chi connectivity index (χ3n) is 3.08. The van der Waals surface area contributed by atoms with Crippen molar-refractivity contribution in [2.45, 2.75) is 40.2 Å². The fourth-order valence-corrected chi connectivity index (χ4v) is 1.99. The van der Waals surface area contributed by atoms with Gasteiger partial charge in [-0.1, -0.05) is 26.8 Å². The summed E-state index contributed by atoms with van der Waals surface area (Å²) >= 11 is 0. The molecule has 0 heterocycles. The zero-order chi connectivity index (χ0) is 15.7. The molecule has 1 aromatic carbocycles. The van der Waals surface area contributed by atoms with Crippen molar-refractivity contribution in [2.75, 3.05) is 26.4 Å². The third kappa shape index (κ3) is 6.91. The average molecular weight is 297 g/mol. The first-order valence-electron chi connectivity index (χ1n) is 7.78. The predicted octanol–water partition coefficient (Wildman–Crippen LogP) is 3.94. The Labute approximate surface area is 127 Å². The molecule has 3 nitrogen and oxygen atoms in total. The summed E-state index contributed by atoms with van der Waals surface area (Å²) in [6.07, 6.45) is 1.06. The Hall–Kier alpha value is -1.13. The minimum atomic E-state index is -0.278. The van der Waals surface area contributed by atoms with E-state index in [1.807, 2.05) is 0 Å². The maximum atomic E-state index is 13.4. The molecule has 0 saturated heterocycles. The summed E-state index contributed by atoms with van der Waals surface area (Å²) in [6, 6.07) is 4.84. The monoisotopic (exact) mass is 297 g/mol. The Morgan fingerprint density at radius 1 is 1.19 bits per heavy atom. The van der Waals surface area contributed by atoms with Gasteiger partial charge in [-0.15, -0.1) is 0 Å². The van der Waals surface area contributed by atoms with Crippen molar-refractivity contribution < 1.29 is 13.9 Å². The van der Waals surface area contributed by atoms with Crippen LogP contribution in [0.25, 0.3) is 0 Å². The summed E-state index contributed by atoms with van der Waals surface area (Å²) in [7, 11) is 0. The van der Waals surface area contributed by atoms with Crippen LogP contribution in [0.4, 0.5) is 4.39 Å². The molecule has 0 aliphatic rings. The molecule has 0 spiro atoms. The number of benzene rings is 1. The second kappa shape index (κ2) is 9.74. The molecule has 0 radical (unpaired) electrons. The lowest BCUT2D eigenvalue weighted by molar-refractivity contribution is 0.0814. The fraction of sp³-hybridized carbons (Fsp3) is 0.647. The summed E-state index contributed by atoms with van der Waals surface area (Å²) in [5.41, 5.74) is 0.980. The van der Waals surface area contributed by atoms with Gasteiger partial charge in [0.05, 0.1) is 6.61 Å². The molecule has 1 N–H and O–H groups in total. The maximum Gasteiger partial charge on any atom is 0.127 e. The van der Waals surface area contributed by atoms with E-state index >= 15 is 0 Å². The largest absolute Gasteiger partial charge is 0.491 e. The highest BCUT2D eigenvalue weighted by Crippen LogP contribution is 2.26. The number of hydrogen-bond donors (Lipinski definition) is 1. The lowest BCUT2D eigenvalue weighted by Crippen LogP contribution is -2.20. The highest BCUT2D eigenvalue weighted by molar-refractivity contribution is 5.36. The van der Waals surface area contributed by atoms with Gasteiger partial charge in [-0.05, 0) is 31.9 Å². The van der Waals surface area contributed by atoms with Crippen LogP contribution in [0.1, 0.15) is 45.7 Å². The van der Waals surface area contributed by atoms with E-state index in [9.17, 15) is 4.39 Å². The van der Waals surface area contributed by atoms with E-state index in [4.69, 9.17) is 9.47 Å². The summed E-state index contributed by atoms with van der Waals surface area (Å²) in [4.78, 5) is 0. The van der Waals surface area contributed by atoms with Gasteiger partial charge in [0.15, 0.2) is 0 Å². The molecule has 1 rings (SSSR count). The standard InChI is InChI=1S/C17H28FNO2/c1-5-8-19-14(4)16-7-6-15(18)11-17(16)21-10-9-20-12-13(2)3/h6-7,11,13-14,19H,5,8-10,12H2,1-4H3. The Morgan fingerprint density at radius 2 is 1.95 bits per heavy atom. The SMILES string of the molecule is CCCNC(C)c1ccc(F)cc1OCCOCC(C)C. The zero-order valence-corrected chi connectivity index (χ0v) is 13.6. The predicted molar refractivity (Wildman–Crippen MR) is 84.3 cm³/mol. The third-order valence-corrected chi connectivity index (χ3v) is 3.08. The van der Waals surface area contributed by atoms with Gasteiger partial charge in [0.2, 0.25) is 0 Å². The molecule has 120 valence electrons. The van der Waals surface area contributed by atoms with Crippen LogP contribution in [-0.2, 0) is 4.74 Å². The first-order chi connectivity index (χ1) is 10.0. The van der Waals surface area contributed by atoms with Gasteiger partial charge < -0.3 is 14.8 Å². The highest BCUT2D eigenvalue weighted by Gasteiger charge is 2.12. The molecule has 1 unspecified atom stereocenters. The second-order valence-corrected chi connectivity index (χ2v) is 5.68. The van der Waals surface area contributed by atoms with Gasteiger partial charge in [-0.25, -0.2) is 4.39 Å². The van der Waals surface area contributed by atoms with Gasteiger partial charge in [0.1, 0.15) is 18.2 Å². The molecule has 0 saturated carbocycles. The van der Waals surface area contributed by atoms with E-state index in [2.05, 4.69) is 33.0 Å². The van der Waals surface area contributed by atoms with Crippen LogP contribution in [0.5, 0.6) is 5.75 Å². The molecule has 0 aliphatic heterocycles. The molecular weight excluding hydrogens is 269 g/mol. The van der Waals surface area contributed by atoms with E-state index in [1.54, 1.807) is 6.07 Å². The van der Waals surface area contributed by atoms with Gasteiger partial charge in [0.25, 0.3) is 0 Å². The lowest BCUT2D eigenvalue weighted by atomic mass is 10.1. The quantitative estimate of drug-likeness (QED) is 0.664. The number of ether oxygens (including phenoxy) is 2. The highest BCUT2D eigenvalue weighted by atomic mass is 19.1. The van der Waals surface area contributed by atoms with E-state index in [0.29, 0.717) is 31.5 Å². The number of rotatable bonds is 10. The normalized spacial score (nSPS) is 12.7. The molecule has 0 bridgehead atoms. The summed E-state index contributed by atoms with van der Waals surface area (Å²) < 4.78 is 24.6. The van der Waals surface area contributed by atoms with E-state index in [-0.39, 0.29) is 11.9 Å². The molecule has 0 amide bonds. The molecule has 0 aromatic heterocycles. The Bertz CT molecular complexity index is 410. The first-order valence-corrected chi connectivity index (χ1v) is 7.78. The van der Waals surface area contributed by atoms with E-state index in [1.165, 1.54) is 12.1 Å². The second-order valence-electron chi connectivity index (χ2n) is 5.68. The molecule has 1 aromatic rings. The van der Waals surface area contributed by atoms with Crippen LogP contribution in [0.15, 0.2) is 18.2 Å². The average Bonchev–Trinajstić information content (AvgIpc) is 2.44. The van der Waals surface area contributed by atoms with Crippen molar-refractivity contribution >= 4 is 0 Å². The van der Waals surface area contributed by atoms with Crippen LogP contribution >= 0.6 is 0 Å². The first kappa shape index (κ1) is 17.9. The molecule has 21 heavy (non-hydrogen) atoms. The van der Waals surface area contributed by atoms with Crippen molar-refractivity contribution in [1.82, 2.24) is 5.32 Å². The van der Waals surface area contributed by atoms with Crippen molar-refractivity contribution in [2.24, 2.45) is 5.92 Å². The van der Waals surface area contributed by atoms with Crippen molar-refractivity contribution in [3.8, 4) is 5.75 Å². The Kier molecular flexibility index (Phi) is 8.31. The van der Waals surface area contributed by atoms with Crippen molar-refractivity contribution in [1.29, 1.82) is 0 Å². The van der Waals surface area contributed by atoms with Gasteiger partial charge >= 0.3 is 0 Å². The van der Waals surface area contributed by atoms with Gasteiger partial charge in [-0.3, -0.25) is 0 Å². The molecule has 0 aliphatic carbocycles. The Morgan fingerprint density at radius 3 is 2.62 bits per heavy atom. The van der Waals surface area contributed by atoms with Crippen LogP contribution in [0.3, 0.4) is 0 Å². The van der Waals surface area contributed by atoms with Crippen LogP contribution in [-0.4, -0.2) is 26.4 Å². The summed E-state index contributed by atoms with van der Waals surface area (Å²) in [6.45, 7) is 11.0. The van der Waals surface area contributed by atoms with Crippen molar-refractivity contribution in [3.63, 3.8) is 0 Å². The number of hydrogen-bond acceptors (Lipinski definition) is 3. The van der Waals surface area contributed by atoms with E-state index < -0.39 is 0 Å². The minimum Gasteiger partial charge on any atom is -0.491 e. The van der Waals surface area contributed by atoms with Crippen LogP contribution in [0.2, 0.25) is 0 Å². The van der Waals surface area contributed by atoms with Crippen LogP contribution < -0.4 is 10.1 Å². The number of halogens is 1. The molecule has 0 fully saturated rings. The smallest absolute Gasteiger partial charge is 0.127 e. The Balaban J connectivity index is 2.56. The number of nitrogens with one attached hydrogen (secondary N) is 1. The zero-order valence-electron chi connectivity index (χ0n) is 13.6. The van der Waals surface area contributed by atoms with E-state index in [0.717, 1.165) is 18.5 Å². The van der Waals surface area contributed by atoms with Crippen molar-refractivity contribution in [3.05, 3.63) is 29.6 Å². The van der Waals surface area contributed by atoms with Gasteiger partial charge in [-0.2, -0.15) is 0 Å². The molecule has 1 atom stereocenters. The van der Waals surface area contributed by atoms with Crippen LogP contribution in [0, 0.1) is 11.7 Å². The summed E-state index contributed by atoms with van der Waals surface area (Å²) in [5, 5.41) is 3.39. The minimum absolute atomic E-state index is 0.136. The molecule has 4 heteroatoms. The fourth-order valence-electron chi connectivity index (χ4n) is 1.99. The molecular formula is C17H28FNO2.